The summed E-state index contributed by atoms with van der Waals surface area (Å²) in [5, 5.41) is 4.32. The minimum Gasteiger partial charge on any atom is -0.461 e. The lowest BCUT2D eigenvalue weighted by molar-refractivity contribution is -0.135. The van der Waals surface area contributed by atoms with Crippen molar-refractivity contribution in [2.45, 2.75) is 52.4 Å². The van der Waals surface area contributed by atoms with Crippen molar-refractivity contribution < 1.29 is 14.2 Å². The van der Waals surface area contributed by atoms with Gasteiger partial charge in [-0.25, -0.2) is 4.79 Å². The van der Waals surface area contributed by atoms with E-state index in [1.165, 1.54) is 38.5 Å². The van der Waals surface area contributed by atoms with Crippen LogP contribution in [-0.2, 0) is 14.2 Å². The third-order valence-corrected chi connectivity index (χ3v) is 8.92. The summed E-state index contributed by atoms with van der Waals surface area (Å²) in [5.74, 6) is -0.384. The summed E-state index contributed by atoms with van der Waals surface area (Å²) in [6.07, 6.45) is 7.29. The van der Waals surface area contributed by atoms with Crippen LogP contribution in [-0.4, -0.2) is 71.6 Å². The van der Waals surface area contributed by atoms with Gasteiger partial charge in [-0.3, -0.25) is 0 Å². The first-order valence-electron chi connectivity index (χ1n) is 9.74. The molecule has 0 amide bonds. The van der Waals surface area contributed by atoms with E-state index in [9.17, 15) is 4.79 Å². The quantitative estimate of drug-likeness (QED) is 0.297. The molecule has 3 rings (SSSR count). The average molecular weight is 371 g/mol. The van der Waals surface area contributed by atoms with Gasteiger partial charge in [0.2, 0.25) is 0 Å². The SMILES string of the molecule is CCOC(=O)/C(C)=N/O[P+](N1CCCC1)(N1CCCC1)N1CCCC1. The molecule has 25 heavy (non-hydrogen) atoms. The van der Waals surface area contributed by atoms with Crippen LogP contribution in [0.4, 0.5) is 0 Å². The van der Waals surface area contributed by atoms with Gasteiger partial charge in [0.25, 0.3) is 0 Å². The molecule has 0 aromatic carbocycles. The Morgan fingerprint density at radius 1 is 0.880 bits per heavy atom. The first-order chi connectivity index (χ1) is 12.2. The second-order valence-corrected chi connectivity index (χ2v) is 9.86. The van der Waals surface area contributed by atoms with Crippen molar-refractivity contribution in [2.75, 3.05) is 45.9 Å². The van der Waals surface area contributed by atoms with Gasteiger partial charge in [-0.05, 0) is 57.5 Å². The van der Waals surface area contributed by atoms with E-state index in [-0.39, 0.29) is 5.97 Å². The van der Waals surface area contributed by atoms with Gasteiger partial charge in [0, 0.05) is 39.3 Å². The maximum absolute atomic E-state index is 12.0. The van der Waals surface area contributed by atoms with Crippen molar-refractivity contribution in [3.63, 3.8) is 0 Å². The van der Waals surface area contributed by atoms with E-state index >= 15 is 0 Å². The van der Waals surface area contributed by atoms with Gasteiger partial charge in [0.15, 0.2) is 5.71 Å². The van der Waals surface area contributed by atoms with E-state index in [0.29, 0.717) is 12.3 Å². The van der Waals surface area contributed by atoms with E-state index in [2.05, 4.69) is 19.2 Å². The first-order valence-corrected chi connectivity index (χ1v) is 11.3. The number of carbonyl (C=O) groups excluding carboxylic acids is 1. The standard InChI is InChI=1S/C17H32N4O3P/c1-3-23-17(22)16(2)18-24-25(19-10-4-5-11-19,20-12-6-7-13-20)21-14-8-9-15-21/h3-15H2,1-2H3/q+1/b18-16+. The van der Waals surface area contributed by atoms with Gasteiger partial charge in [-0.1, -0.05) is 0 Å². The number of ether oxygens (including phenoxy) is 1. The molecule has 3 aliphatic rings. The molecule has 0 unspecified atom stereocenters. The van der Waals surface area contributed by atoms with Crippen LogP contribution < -0.4 is 0 Å². The largest absolute Gasteiger partial charge is 0.461 e. The number of hydrogen-bond acceptors (Lipinski definition) is 7. The minimum atomic E-state index is -2.15. The lowest BCUT2D eigenvalue weighted by Crippen LogP contribution is -2.43. The normalized spacial score (nSPS) is 24.2. The molecule has 3 fully saturated rings. The maximum atomic E-state index is 12.0. The number of carbonyl (C=O) groups is 1. The highest BCUT2D eigenvalue weighted by Crippen LogP contribution is 2.71. The van der Waals surface area contributed by atoms with Crippen molar-refractivity contribution in [2.24, 2.45) is 5.16 Å². The predicted molar refractivity (Wildman–Crippen MR) is 100 cm³/mol. The van der Waals surface area contributed by atoms with E-state index in [4.69, 9.17) is 9.36 Å². The van der Waals surface area contributed by atoms with Crippen LogP contribution in [0.1, 0.15) is 52.4 Å². The Morgan fingerprint density at radius 3 is 1.64 bits per heavy atom. The molecule has 0 saturated carbocycles. The van der Waals surface area contributed by atoms with Crippen molar-refractivity contribution in [1.29, 1.82) is 0 Å². The van der Waals surface area contributed by atoms with Crippen LogP contribution in [0, 0.1) is 0 Å². The van der Waals surface area contributed by atoms with E-state index < -0.39 is 7.94 Å². The second-order valence-electron chi connectivity index (χ2n) is 6.97. The predicted octanol–water partition coefficient (Wildman–Crippen LogP) is 2.91. The Labute approximate surface area is 151 Å². The van der Waals surface area contributed by atoms with Gasteiger partial charge < -0.3 is 4.74 Å². The van der Waals surface area contributed by atoms with E-state index in [1.807, 2.05) is 6.92 Å². The van der Waals surface area contributed by atoms with Gasteiger partial charge >= 0.3 is 13.9 Å². The number of rotatable bonds is 7. The van der Waals surface area contributed by atoms with Crippen LogP contribution in [0.2, 0.25) is 0 Å². The third-order valence-electron chi connectivity index (χ3n) is 5.21. The molecular weight excluding hydrogens is 339 g/mol. The minimum absolute atomic E-state index is 0.309. The molecule has 0 atom stereocenters. The fraction of sp³-hybridized carbons (Fsp3) is 0.882. The van der Waals surface area contributed by atoms with Crippen LogP contribution in [0.5, 0.6) is 0 Å². The Morgan fingerprint density at radius 2 is 1.28 bits per heavy atom. The maximum Gasteiger partial charge on any atom is 0.451 e. The molecule has 0 aliphatic carbocycles. The van der Waals surface area contributed by atoms with Crippen molar-refractivity contribution in [3.8, 4) is 0 Å². The van der Waals surface area contributed by atoms with Gasteiger partial charge in [-0.15, -0.1) is 14.0 Å². The molecule has 0 radical (unpaired) electrons. The summed E-state index contributed by atoms with van der Waals surface area (Å²) in [6, 6.07) is 0. The molecule has 0 N–H and O–H groups in total. The van der Waals surface area contributed by atoms with Crippen LogP contribution >= 0.6 is 7.94 Å². The molecule has 0 spiro atoms. The molecule has 3 heterocycles. The Bertz CT molecular complexity index is 443. The highest BCUT2D eigenvalue weighted by atomic mass is 31.2. The van der Waals surface area contributed by atoms with Crippen LogP contribution in [0.3, 0.4) is 0 Å². The van der Waals surface area contributed by atoms with Gasteiger partial charge in [0.1, 0.15) is 0 Å². The van der Waals surface area contributed by atoms with Crippen LogP contribution in [0.25, 0.3) is 0 Å². The van der Waals surface area contributed by atoms with E-state index in [0.717, 1.165) is 39.3 Å². The molecule has 3 aliphatic heterocycles. The molecule has 0 aromatic rings. The Kier molecular flexibility index (Phi) is 6.67. The summed E-state index contributed by atoms with van der Waals surface area (Å²) >= 11 is 0. The molecule has 142 valence electrons. The summed E-state index contributed by atoms with van der Waals surface area (Å²) in [5.41, 5.74) is 0.309. The smallest absolute Gasteiger partial charge is 0.451 e. The zero-order valence-corrected chi connectivity index (χ0v) is 16.5. The first kappa shape index (κ1) is 19.0. The Balaban J connectivity index is 1.88. The molecule has 0 bridgehead atoms. The van der Waals surface area contributed by atoms with Crippen molar-refractivity contribution in [1.82, 2.24) is 14.0 Å². The molecule has 0 aromatic heterocycles. The van der Waals surface area contributed by atoms with E-state index in [1.54, 1.807) is 6.92 Å². The molecule has 7 nitrogen and oxygen atoms in total. The van der Waals surface area contributed by atoms with Crippen LogP contribution in [0.15, 0.2) is 5.16 Å². The summed E-state index contributed by atoms with van der Waals surface area (Å²) in [6.45, 7) is 10.2. The number of esters is 1. The molecular formula is C17H32N4O3P+. The molecule has 8 heteroatoms. The Hall–Kier alpha value is -0.750. The highest BCUT2D eigenvalue weighted by Gasteiger charge is 2.63. The number of oxime groups is 1. The third kappa shape index (κ3) is 4.00. The summed E-state index contributed by atoms with van der Waals surface area (Å²) in [7, 11) is -2.15. The van der Waals surface area contributed by atoms with Crippen molar-refractivity contribution >= 4 is 19.6 Å². The zero-order valence-electron chi connectivity index (χ0n) is 15.7. The second kappa shape index (κ2) is 8.76. The molecule has 3 saturated heterocycles. The summed E-state index contributed by atoms with van der Waals surface area (Å²) < 4.78 is 19.1. The lowest BCUT2D eigenvalue weighted by atomic mass is 10.4. The number of nitrogens with zero attached hydrogens (tertiary/aromatic N) is 4. The summed E-state index contributed by atoms with van der Waals surface area (Å²) in [4.78, 5) is 12.0. The fourth-order valence-electron chi connectivity index (χ4n) is 3.96. The van der Waals surface area contributed by atoms with Crippen molar-refractivity contribution in [3.05, 3.63) is 0 Å². The highest BCUT2D eigenvalue weighted by molar-refractivity contribution is 7.64. The zero-order chi connectivity index (χ0) is 17.7. The lowest BCUT2D eigenvalue weighted by Gasteiger charge is -2.38. The number of hydrogen-bond donors (Lipinski definition) is 0. The fourth-order valence-corrected chi connectivity index (χ4v) is 7.99. The van der Waals surface area contributed by atoms with Gasteiger partial charge in [-0.2, -0.15) is 4.62 Å². The topological polar surface area (TPSA) is 57.6 Å². The monoisotopic (exact) mass is 371 g/mol. The van der Waals surface area contributed by atoms with Gasteiger partial charge in [0.05, 0.1) is 6.61 Å². The average Bonchev–Trinajstić information content (AvgIpc) is 3.38.